The van der Waals surface area contributed by atoms with E-state index in [1.54, 1.807) is 30.3 Å². The quantitative estimate of drug-likeness (QED) is 0.844. The minimum Gasteiger partial charge on any atom is -0.479 e. The second kappa shape index (κ2) is 6.33. The van der Waals surface area contributed by atoms with Crippen LogP contribution in [-0.4, -0.2) is 29.7 Å². The van der Waals surface area contributed by atoms with Gasteiger partial charge in [0.05, 0.1) is 12.5 Å². The van der Waals surface area contributed by atoms with Crippen LogP contribution in [0.3, 0.4) is 0 Å². The van der Waals surface area contributed by atoms with E-state index in [4.69, 9.17) is 4.74 Å². The van der Waals surface area contributed by atoms with Crippen LogP contribution in [0.2, 0.25) is 0 Å². The van der Waals surface area contributed by atoms with Crippen molar-refractivity contribution in [2.24, 2.45) is 0 Å². The van der Waals surface area contributed by atoms with E-state index < -0.39 is 12.0 Å². The summed E-state index contributed by atoms with van der Waals surface area (Å²) in [6, 6.07) is 7.66. The molecular weight excluding hydrogens is 246 g/mol. The van der Waals surface area contributed by atoms with Gasteiger partial charge in [-0.2, -0.15) is 0 Å². The summed E-state index contributed by atoms with van der Waals surface area (Å²) >= 11 is 0. The van der Waals surface area contributed by atoms with Crippen LogP contribution in [0.1, 0.15) is 30.9 Å². The van der Waals surface area contributed by atoms with Crippen LogP contribution in [0.4, 0.5) is 0 Å². The molecule has 1 aliphatic rings. The minimum absolute atomic E-state index is 0.0785. The summed E-state index contributed by atoms with van der Waals surface area (Å²) in [5.74, 6) is -1.35. The predicted molar refractivity (Wildman–Crippen MR) is 68.6 cm³/mol. The number of hydrogen-bond donors (Lipinski definition) is 2. The lowest BCUT2D eigenvalue weighted by Gasteiger charge is -2.16. The lowest BCUT2D eigenvalue weighted by molar-refractivity contribution is -0.142. The van der Waals surface area contributed by atoms with E-state index in [1.807, 2.05) is 0 Å². The van der Waals surface area contributed by atoms with Crippen LogP contribution in [0.15, 0.2) is 30.3 Å². The van der Waals surface area contributed by atoms with Crippen molar-refractivity contribution < 1.29 is 19.4 Å². The van der Waals surface area contributed by atoms with Gasteiger partial charge in [-0.3, -0.25) is 4.79 Å². The van der Waals surface area contributed by atoms with Gasteiger partial charge in [-0.05, 0) is 18.4 Å². The highest BCUT2D eigenvalue weighted by molar-refractivity contribution is 5.84. The molecule has 19 heavy (non-hydrogen) atoms. The normalized spacial score (nSPS) is 19.9. The van der Waals surface area contributed by atoms with Crippen molar-refractivity contribution in [2.45, 2.75) is 31.4 Å². The van der Waals surface area contributed by atoms with Crippen LogP contribution in [0, 0.1) is 0 Å². The van der Waals surface area contributed by atoms with E-state index in [0.29, 0.717) is 12.2 Å². The van der Waals surface area contributed by atoms with Crippen LogP contribution in [0.25, 0.3) is 0 Å². The third-order valence-corrected chi connectivity index (χ3v) is 3.12. The summed E-state index contributed by atoms with van der Waals surface area (Å²) in [5, 5.41) is 11.7. The van der Waals surface area contributed by atoms with Gasteiger partial charge >= 0.3 is 5.97 Å². The van der Waals surface area contributed by atoms with Gasteiger partial charge in [0.2, 0.25) is 5.91 Å². The molecule has 2 rings (SSSR count). The van der Waals surface area contributed by atoms with Gasteiger partial charge in [-0.1, -0.05) is 30.3 Å². The average Bonchev–Trinajstić information content (AvgIpc) is 2.89. The Balaban J connectivity index is 1.97. The van der Waals surface area contributed by atoms with Gasteiger partial charge in [-0.25, -0.2) is 4.79 Å². The Kier molecular flexibility index (Phi) is 4.52. The summed E-state index contributed by atoms with van der Waals surface area (Å²) in [6.45, 7) is 0.680. The topological polar surface area (TPSA) is 75.6 Å². The molecule has 1 heterocycles. The highest BCUT2D eigenvalue weighted by Crippen LogP contribution is 2.17. The molecule has 5 nitrogen and oxygen atoms in total. The maximum Gasteiger partial charge on any atom is 0.330 e. The molecule has 0 radical (unpaired) electrons. The van der Waals surface area contributed by atoms with Crippen LogP contribution >= 0.6 is 0 Å². The van der Waals surface area contributed by atoms with E-state index in [-0.39, 0.29) is 18.4 Å². The molecule has 1 aliphatic heterocycles. The number of nitrogens with one attached hydrogen (secondary N) is 1. The van der Waals surface area contributed by atoms with E-state index in [9.17, 15) is 14.7 Å². The van der Waals surface area contributed by atoms with Gasteiger partial charge in [-0.15, -0.1) is 0 Å². The smallest absolute Gasteiger partial charge is 0.330 e. The summed E-state index contributed by atoms with van der Waals surface area (Å²) in [6.07, 6.45) is 1.96. The van der Waals surface area contributed by atoms with Gasteiger partial charge in [0.15, 0.2) is 6.04 Å². The van der Waals surface area contributed by atoms with E-state index in [2.05, 4.69) is 5.32 Å². The van der Waals surface area contributed by atoms with Gasteiger partial charge in [0.25, 0.3) is 0 Å². The first-order valence-electron chi connectivity index (χ1n) is 6.35. The largest absolute Gasteiger partial charge is 0.479 e. The van der Waals surface area contributed by atoms with Crippen molar-refractivity contribution in [2.75, 3.05) is 6.61 Å². The SMILES string of the molecule is O=C(C[C@@H]1CCCO1)N[C@@H](C(=O)O)c1ccccc1. The van der Waals surface area contributed by atoms with Crippen molar-refractivity contribution in [1.29, 1.82) is 0 Å². The Labute approximate surface area is 111 Å². The zero-order valence-corrected chi connectivity index (χ0v) is 10.5. The second-order valence-electron chi connectivity index (χ2n) is 4.59. The number of ether oxygens (including phenoxy) is 1. The Hall–Kier alpha value is -1.88. The molecule has 1 aromatic carbocycles. The highest BCUT2D eigenvalue weighted by atomic mass is 16.5. The van der Waals surface area contributed by atoms with Gasteiger partial charge in [0, 0.05) is 6.61 Å². The number of carboxylic acid groups (broad SMARTS) is 1. The number of rotatable bonds is 5. The van der Waals surface area contributed by atoms with E-state index in [1.165, 1.54) is 0 Å². The molecule has 5 heteroatoms. The maximum atomic E-state index is 11.8. The summed E-state index contributed by atoms with van der Waals surface area (Å²) < 4.78 is 5.36. The molecule has 2 atom stereocenters. The Morgan fingerprint density at radius 1 is 1.37 bits per heavy atom. The minimum atomic E-state index is -1.06. The zero-order valence-electron chi connectivity index (χ0n) is 10.5. The van der Waals surface area contributed by atoms with E-state index >= 15 is 0 Å². The number of carbonyl (C=O) groups is 2. The molecule has 0 bridgehead atoms. The molecule has 0 spiro atoms. The third-order valence-electron chi connectivity index (χ3n) is 3.12. The molecule has 0 aromatic heterocycles. The molecule has 2 N–H and O–H groups in total. The second-order valence-corrected chi connectivity index (χ2v) is 4.59. The Morgan fingerprint density at radius 2 is 2.11 bits per heavy atom. The Bertz CT molecular complexity index is 440. The molecule has 1 amide bonds. The third kappa shape index (κ3) is 3.79. The fourth-order valence-corrected chi connectivity index (χ4v) is 2.17. The lowest BCUT2D eigenvalue weighted by Crippen LogP contribution is -2.35. The zero-order chi connectivity index (χ0) is 13.7. The van der Waals surface area contributed by atoms with Crippen molar-refractivity contribution >= 4 is 11.9 Å². The first-order chi connectivity index (χ1) is 9.16. The number of carboxylic acids is 1. The van der Waals surface area contributed by atoms with Crippen LogP contribution in [-0.2, 0) is 14.3 Å². The molecular formula is C14H17NO4. The molecule has 1 aromatic rings. The monoisotopic (exact) mass is 263 g/mol. The highest BCUT2D eigenvalue weighted by Gasteiger charge is 2.24. The number of hydrogen-bond acceptors (Lipinski definition) is 3. The number of amides is 1. The summed E-state index contributed by atoms with van der Waals surface area (Å²) in [7, 11) is 0. The fourth-order valence-electron chi connectivity index (χ4n) is 2.17. The van der Waals surface area contributed by atoms with E-state index in [0.717, 1.165) is 12.8 Å². The number of benzene rings is 1. The van der Waals surface area contributed by atoms with Gasteiger partial charge < -0.3 is 15.2 Å². The fraction of sp³-hybridized carbons (Fsp3) is 0.429. The molecule has 0 unspecified atom stereocenters. The molecule has 0 saturated carbocycles. The molecule has 1 fully saturated rings. The summed E-state index contributed by atoms with van der Waals surface area (Å²) in [5.41, 5.74) is 0.565. The first kappa shape index (κ1) is 13.5. The molecule has 0 aliphatic carbocycles. The van der Waals surface area contributed by atoms with Crippen LogP contribution < -0.4 is 5.32 Å². The van der Waals surface area contributed by atoms with Crippen molar-refractivity contribution in [3.63, 3.8) is 0 Å². The number of carbonyl (C=O) groups excluding carboxylic acids is 1. The summed E-state index contributed by atoms with van der Waals surface area (Å²) in [4.78, 5) is 23.1. The Morgan fingerprint density at radius 3 is 2.68 bits per heavy atom. The van der Waals surface area contributed by atoms with Crippen molar-refractivity contribution in [3.05, 3.63) is 35.9 Å². The standard InChI is InChI=1S/C14H17NO4/c16-12(9-11-7-4-8-19-11)15-13(14(17)18)10-5-2-1-3-6-10/h1-3,5-6,11,13H,4,7-9H2,(H,15,16)(H,17,18)/t11-,13+/m0/s1. The van der Waals surface area contributed by atoms with Crippen LogP contribution in [0.5, 0.6) is 0 Å². The molecule has 102 valence electrons. The van der Waals surface area contributed by atoms with Crippen molar-refractivity contribution in [1.82, 2.24) is 5.32 Å². The maximum absolute atomic E-state index is 11.8. The lowest BCUT2D eigenvalue weighted by atomic mass is 10.1. The average molecular weight is 263 g/mol. The predicted octanol–water partition coefficient (Wildman–Crippen LogP) is 1.50. The molecule has 1 saturated heterocycles. The van der Waals surface area contributed by atoms with Crippen molar-refractivity contribution in [3.8, 4) is 0 Å². The first-order valence-corrected chi connectivity index (χ1v) is 6.35. The number of aliphatic carboxylic acids is 1. The van der Waals surface area contributed by atoms with Gasteiger partial charge in [0.1, 0.15) is 0 Å².